The van der Waals surface area contributed by atoms with Crippen LogP contribution in [0.5, 0.6) is 0 Å². The fraction of sp³-hybridized carbons (Fsp3) is 0.0541. The monoisotopic (exact) mass is 487 g/mol. The molecule has 6 aromatic rings. The third kappa shape index (κ3) is 4.92. The summed E-state index contributed by atoms with van der Waals surface area (Å²) in [6.07, 6.45) is 0. The van der Waals surface area contributed by atoms with Gasteiger partial charge in [-0.3, -0.25) is 0 Å². The van der Waals surface area contributed by atoms with Crippen LogP contribution >= 0.6 is 0 Å². The van der Waals surface area contributed by atoms with Crippen molar-refractivity contribution in [2.75, 3.05) is 0 Å². The van der Waals surface area contributed by atoms with Crippen molar-refractivity contribution in [3.05, 3.63) is 151 Å². The van der Waals surface area contributed by atoms with Crippen molar-refractivity contribution < 1.29 is 0 Å². The smallest absolute Gasteiger partial charge is 0.0718 e. The molecule has 0 unspecified atom stereocenters. The molecule has 0 aliphatic rings. The van der Waals surface area contributed by atoms with Gasteiger partial charge >= 0.3 is 0 Å². The summed E-state index contributed by atoms with van der Waals surface area (Å²) in [6.45, 7) is 4.30. The van der Waals surface area contributed by atoms with Gasteiger partial charge < -0.3 is 0 Å². The molecule has 5 aromatic carbocycles. The average molecular weight is 488 g/mol. The van der Waals surface area contributed by atoms with E-state index in [4.69, 9.17) is 4.98 Å². The number of nitrogens with zero attached hydrogens (tertiary/aromatic N) is 1. The van der Waals surface area contributed by atoms with E-state index in [9.17, 15) is 0 Å². The van der Waals surface area contributed by atoms with Crippen LogP contribution in [-0.2, 0) is 0 Å². The van der Waals surface area contributed by atoms with E-state index in [0.29, 0.717) is 0 Å². The molecule has 1 heterocycles. The Kier molecular flexibility index (Phi) is 6.42. The summed E-state index contributed by atoms with van der Waals surface area (Å²) in [5.41, 5.74) is 13.9. The lowest BCUT2D eigenvalue weighted by atomic mass is 9.92. The van der Waals surface area contributed by atoms with Crippen LogP contribution in [-0.4, -0.2) is 4.98 Å². The number of pyridine rings is 1. The summed E-state index contributed by atoms with van der Waals surface area (Å²) in [4.78, 5) is 5.16. The first-order chi connectivity index (χ1) is 18.6. The van der Waals surface area contributed by atoms with Crippen LogP contribution in [0.25, 0.3) is 55.9 Å². The van der Waals surface area contributed by atoms with Gasteiger partial charge in [-0.15, -0.1) is 0 Å². The van der Waals surface area contributed by atoms with Gasteiger partial charge in [0.05, 0.1) is 11.4 Å². The Morgan fingerprint density at radius 2 is 0.816 bits per heavy atom. The molecule has 0 aliphatic carbocycles. The van der Waals surface area contributed by atoms with E-state index in [1.54, 1.807) is 0 Å². The Morgan fingerprint density at radius 1 is 0.368 bits per heavy atom. The summed E-state index contributed by atoms with van der Waals surface area (Å²) in [7, 11) is 0. The molecule has 38 heavy (non-hydrogen) atoms. The SMILES string of the molecule is Cc1ccc(C)c(-c2cc(-c3cc(-c4ccccc4)cc(-c4ccccc4)c3)cc(-c3ccccc3)n2)c1. The predicted octanol–water partition coefficient (Wildman–Crippen LogP) is 10.0. The van der Waals surface area contributed by atoms with Gasteiger partial charge in [0.1, 0.15) is 0 Å². The Hall–Kier alpha value is -4.75. The molecule has 0 fully saturated rings. The number of hydrogen-bond donors (Lipinski definition) is 0. The summed E-state index contributed by atoms with van der Waals surface area (Å²) in [5.74, 6) is 0. The summed E-state index contributed by atoms with van der Waals surface area (Å²) >= 11 is 0. The molecule has 0 aliphatic heterocycles. The van der Waals surface area contributed by atoms with E-state index in [1.807, 2.05) is 0 Å². The maximum Gasteiger partial charge on any atom is 0.0718 e. The average Bonchev–Trinajstić information content (AvgIpc) is 2.99. The molecule has 0 radical (unpaired) electrons. The molecule has 0 atom stereocenters. The summed E-state index contributed by atoms with van der Waals surface area (Å²) in [6, 6.07) is 49.7. The van der Waals surface area contributed by atoms with Crippen LogP contribution in [0.3, 0.4) is 0 Å². The maximum atomic E-state index is 5.16. The highest BCUT2D eigenvalue weighted by atomic mass is 14.7. The predicted molar refractivity (Wildman–Crippen MR) is 161 cm³/mol. The topological polar surface area (TPSA) is 12.9 Å². The minimum atomic E-state index is 0.977. The number of rotatable bonds is 5. The molecular weight excluding hydrogens is 458 g/mol. The Morgan fingerprint density at radius 3 is 1.37 bits per heavy atom. The molecule has 0 saturated carbocycles. The molecular formula is C37H29N. The van der Waals surface area contributed by atoms with Crippen molar-refractivity contribution in [2.45, 2.75) is 13.8 Å². The Bertz CT molecular complexity index is 1640. The second-order valence-corrected chi connectivity index (χ2v) is 9.84. The number of aryl methyl sites for hydroxylation is 2. The second-order valence-electron chi connectivity index (χ2n) is 9.84. The molecule has 1 aromatic heterocycles. The zero-order chi connectivity index (χ0) is 25.9. The lowest BCUT2D eigenvalue weighted by molar-refractivity contribution is 1.29. The summed E-state index contributed by atoms with van der Waals surface area (Å²) < 4.78 is 0. The number of benzene rings is 5. The van der Waals surface area contributed by atoms with Gasteiger partial charge in [0.25, 0.3) is 0 Å². The van der Waals surface area contributed by atoms with Crippen LogP contribution in [0, 0.1) is 13.8 Å². The second kappa shape index (κ2) is 10.3. The van der Waals surface area contributed by atoms with Crippen LogP contribution in [0.15, 0.2) is 140 Å². The lowest BCUT2D eigenvalue weighted by Crippen LogP contribution is -1.94. The molecule has 0 amide bonds. The quantitative estimate of drug-likeness (QED) is 0.236. The third-order valence-corrected chi connectivity index (χ3v) is 7.04. The first kappa shape index (κ1) is 23.6. The standard InChI is InChI=1S/C37H29N/c1-26-18-19-27(2)35(20-26)37-25-34(24-36(38-37)30-16-10-5-11-17-30)33-22-31(28-12-6-3-7-13-28)21-32(23-33)29-14-8-4-9-15-29/h3-25H,1-2H3. The van der Waals surface area contributed by atoms with Crippen molar-refractivity contribution in [1.29, 1.82) is 0 Å². The molecule has 6 rings (SSSR count). The number of hydrogen-bond acceptors (Lipinski definition) is 1. The van der Waals surface area contributed by atoms with Gasteiger partial charge in [-0.25, -0.2) is 4.98 Å². The van der Waals surface area contributed by atoms with Crippen molar-refractivity contribution in [3.8, 4) is 55.9 Å². The molecule has 0 bridgehead atoms. The van der Waals surface area contributed by atoms with Gasteiger partial charge in [0.15, 0.2) is 0 Å². The first-order valence-corrected chi connectivity index (χ1v) is 13.1. The van der Waals surface area contributed by atoms with Gasteiger partial charge in [-0.2, -0.15) is 0 Å². The molecule has 0 saturated heterocycles. The zero-order valence-corrected chi connectivity index (χ0v) is 21.7. The van der Waals surface area contributed by atoms with Crippen LogP contribution in [0.2, 0.25) is 0 Å². The van der Waals surface area contributed by atoms with Gasteiger partial charge in [-0.1, -0.05) is 109 Å². The highest BCUT2D eigenvalue weighted by molar-refractivity contribution is 5.84. The molecule has 182 valence electrons. The maximum absolute atomic E-state index is 5.16. The molecule has 0 spiro atoms. The van der Waals surface area contributed by atoms with Gasteiger partial charge in [0, 0.05) is 11.1 Å². The number of aromatic nitrogens is 1. The van der Waals surface area contributed by atoms with Crippen molar-refractivity contribution >= 4 is 0 Å². The largest absolute Gasteiger partial charge is 0.248 e. The third-order valence-electron chi connectivity index (χ3n) is 7.04. The van der Waals surface area contributed by atoms with Crippen molar-refractivity contribution in [1.82, 2.24) is 4.98 Å². The first-order valence-electron chi connectivity index (χ1n) is 13.1. The minimum absolute atomic E-state index is 0.977. The van der Waals surface area contributed by atoms with Crippen molar-refractivity contribution in [2.24, 2.45) is 0 Å². The van der Waals surface area contributed by atoms with E-state index in [0.717, 1.165) is 22.5 Å². The van der Waals surface area contributed by atoms with Crippen LogP contribution in [0.1, 0.15) is 11.1 Å². The van der Waals surface area contributed by atoms with Crippen molar-refractivity contribution in [3.63, 3.8) is 0 Å². The van der Waals surface area contributed by atoms with E-state index >= 15 is 0 Å². The van der Waals surface area contributed by atoms with Crippen LogP contribution < -0.4 is 0 Å². The van der Waals surface area contributed by atoms with Crippen LogP contribution in [0.4, 0.5) is 0 Å². The zero-order valence-electron chi connectivity index (χ0n) is 21.7. The molecule has 1 nitrogen and oxygen atoms in total. The highest BCUT2D eigenvalue weighted by Crippen LogP contribution is 2.36. The summed E-state index contributed by atoms with van der Waals surface area (Å²) in [5, 5.41) is 0. The Labute approximate surface area is 225 Å². The van der Waals surface area contributed by atoms with E-state index in [2.05, 4.69) is 153 Å². The minimum Gasteiger partial charge on any atom is -0.248 e. The van der Waals surface area contributed by atoms with Gasteiger partial charge in [0.2, 0.25) is 0 Å². The Balaban J connectivity index is 1.60. The molecule has 1 heteroatoms. The van der Waals surface area contributed by atoms with E-state index in [-0.39, 0.29) is 0 Å². The van der Waals surface area contributed by atoms with E-state index < -0.39 is 0 Å². The molecule has 0 N–H and O–H groups in total. The normalized spacial score (nSPS) is 10.9. The fourth-order valence-electron chi connectivity index (χ4n) is 4.99. The lowest BCUT2D eigenvalue weighted by Gasteiger charge is -2.15. The fourth-order valence-corrected chi connectivity index (χ4v) is 4.99. The van der Waals surface area contributed by atoms with Gasteiger partial charge in [-0.05, 0) is 89.2 Å². The van der Waals surface area contributed by atoms with E-state index in [1.165, 1.54) is 44.5 Å². The highest BCUT2D eigenvalue weighted by Gasteiger charge is 2.13.